The molecular weight excluding hydrogens is 367 g/mol. The van der Waals surface area contributed by atoms with Crippen LogP contribution in [0.25, 0.3) is 0 Å². The smallest absolute Gasteiger partial charge is 0.309 e. The maximum atomic E-state index is 13.5. The molecule has 2 rings (SSSR count). The van der Waals surface area contributed by atoms with Gasteiger partial charge in [-0.15, -0.1) is 0 Å². The van der Waals surface area contributed by atoms with Gasteiger partial charge >= 0.3 is 5.97 Å². The summed E-state index contributed by atoms with van der Waals surface area (Å²) in [4.78, 5) is 36.1. The third-order valence-corrected chi connectivity index (χ3v) is 4.39. The molecule has 0 aliphatic carbocycles. The minimum atomic E-state index is -1.68. The van der Waals surface area contributed by atoms with E-state index in [1.807, 2.05) is 0 Å². The van der Waals surface area contributed by atoms with Gasteiger partial charge in [0.1, 0.15) is 0 Å². The number of benzene rings is 1. The van der Waals surface area contributed by atoms with Gasteiger partial charge in [0.25, 0.3) is 5.91 Å². The van der Waals surface area contributed by atoms with Gasteiger partial charge in [0.15, 0.2) is 24.0 Å². The van der Waals surface area contributed by atoms with Gasteiger partial charge in [0.2, 0.25) is 5.91 Å². The van der Waals surface area contributed by atoms with Crippen molar-refractivity contribution in [3.8, 4) is 0 Å². The molecule has 1 saturated heterocycles. The number of likely N-dealkylation sites (tertiary alicyclic amines) is 1. The number of hydrogen-bond donors (Lipinski definition) is 3. The molecule has 0 saturated carbocycles. The predicted octanol–water partition coefficient (Wildman–Crippen LogP) is -0.373. The Hall–Kier alpha value is -2.62. The first-order valence-corrected chi connectivity index (χ1v) is 8.43. The fourth-order valence-electron chi connectivity index (χ4n) is 2.89. The Labute approximate surface area is 153 Å². The van der Waals surface area contributed by atoms with E-state index in [9.17, 15) is 27.6 Å². The summed E-state index contributed by atoms with van der Waals surface area (Å²) >= 11 is 0. The highest BCUT2D eigenvalue weighted by Gasteiger charge is 2.29. The average molecular weight is 388 g/mol. The van der Waals surface area contributed by atoms with Crippen LogP contribution in [-0.4, -0.2) is 51.1 Å². The van der Waals surface area contributed by atoms with Crippen molar-refractivity contribution < 1.29 is 37.2 Å². The number of methoxy groups -OCH3 is 1. The summed E-state index contributed by atoms with van der Waals surface area (Å²) < 4.78 is 44.2. The number of hydrogen-bond acceptors (Lipinski definition) is 4. The fourth-order valence-corrected chi connectivity index (χ4v) is 2.89. The van der Waals surface area contributed by atoms with E-state index < -0.39 is 35.6 Å². The van der Waals surface area contributed by atoms with Gasteiger partial charge in [-0.3, -0.25) is 14.4 Å². The topological polar surface area (TPSA) is 88.9 Å². The number of esters is 1. The van der Waals surface area contributed by atoms with Gasteiger partial charge in [0, 0.05) is 12.8 Å². The van der Waals surface area contributed by atoms with E-state index in [0.717, 1.165) is 11.0 Å². The number of amides is 2. The second-order valence-electron chi connectivity index (χ2n) is 6.27. The van der Waals surface area contributed by atoms with Crippen molar-refractivity contribution in [1.29, 1.82) is 0 Å². The van der Waals surface area contributed by atoms with Crippen molar-refractivity contribution in [2.75, 3.05) is 38.6 Å². The zero-order valence-electron chi connectivity index (χ0n) is 14.7. The number of anilines is 1. The van der Waals surface area contributed by atoms with Gasteiger partial charge in [-0.2, -0.15) is 0 Å². The van der Waals surface area contributed by atoms with Crippen molar-refractivity contribution in [3.05, 3.63) is 29.6 Å². The SMILES string of the molecule is COC(=O)C1CC[NH+](CC(=O)NCC(=O)Nc2ccc(F)c(F)c2F)CC1. The van der Waals surface area contributed by atoms with E-state index in [4.69, 9.17) is 4.74 Å². The molecule has 2 amide bonds. The highest BCUT2D eigenvalue weighted by atomic mass is 19.2. The summed E-state index contributed by atoms with van der Waals surface area (Å²) in [7, 11) is 1.34. The highest BCUT2D eigenvalue weighted by Crippen LogP contribution is 2.19. The van der Waals surface area contributed by atoms with E-state index in [1.54, 1.807) is 0 Å². The lowest BCUT2D eigenvalue weighted by Gasteiger charge is -2.27. The third kappa shape index (κ3) is 5.68. The predicted molar refractivity (Wildman–Crippen MR) is 88.3 cm³/mol. The third-order valence-electron chi connectivity index (χ3n) is 4.39. The first kappa shape index (κ1) is 20.7. The molecule has 1 aliphatic rings. The summed E-state index contributed by atoms with van der Waals surface area (Å²) in [6, 6.07) is 1.58. The molecule has 7 nitrogen and oxygen atoms in total. The summed E-state index contributed by atoms with van der Waals surface area (Å²) in [6.07, 6.45) is 1.23. The molecule has 10 heteroatoms. The Morgan fingerprint density at radius 1 is 1.11 bits per heavy atom. The molecule has 0 unspecified atom stereocenters. The maximum absolute atomic E-state index is 13.5. The van der Waals surface area contributed by atoms with Gasteiger partial charge < -0.3 is 20.3 Å². The van der Waals surface area contributed by atoms with Crippen molar-refractivity contribution in [1.82, 2.24) is 5.32 Å². The molecule has 0 bridgehead atoms. The van der Waals surface area contributed by atoms with Crippen molar-refractivity contribution in [2.45, 2.75) is 12.8 Å². The summed E-state index contributed by atoms with van der Waals surface area (Å²) in [5.41, 5.74) is -0.511. The quantitative estimate of drug-likeness (QED) is 0.458. The van der Waals surface area contributed by atoms with Crippen LogP contribution in [0.3, 0.4) is 0 Å². The number of piperidine rings is 1. The average Bonchev–Trinajstić information content (AvgIpc) is 2.67. The number of carbonyl (C=O) groups is 3. The van der Waals surface area contributed by atoms with Gasteiger partial charge in [-0.05, 0) is 12.1 Å². The Bertz CT molecular complexity index is 722. The summed E-state index contributed by atoms with van der Waals surface area (Å²) in [5, 5.41) is 4.46. The van der Waals surface area contributed by atoms with Gasteiger partial charge in [0.05, 0.1) is 38.3 Å². The standard InChI is InChI=1S/C17H20F3N3O4/c1-27-17(26)10-4-6-23(7-5-10)9-14(25)21-8-13(24)22-12-3-2-11(18)15(19)16(12)20/h2-3,10H,4-9H2,1H3,(H,21,25)(H,22,24)/p+1. The monoisotopic (exact) mass is 388 g/mol. The minimum absolute atomic E-state index is 0.126. The molecule has 0 spiro atoms. The lowest BCUT2D eigenvalue weighted by Crippen LogP contribution is -3.14. The Balaban J connectivity index is 1.74. The molecule has 1 heterocycles. The number of quaternary nitrogens is 1. The molecule has 1 aromatic carbocycles. The van der Waals surface area contributed by atoms with Crippen molar-refractivity contribution >= 4 is 23.5 Å². The number of nitrogens with one attached hydrogen (secondary N) is 3. The van der Waals surface area contributed by atoms with E-state index in [2.05, 4.69) is 10.6 Å². The second kappa shape index (κ2) is 9.36. The first-order chi connectivity index (χ1) is 12.8. The van der Waals surface area contributed by atoms with E-state index >= 15 is 0 Å². The molecule has 3 N–H and O–H groups in total. The zero-order valence-corrected chi connectivity index (χ0v) is 14.7. The molecular formula is C17H21F3N3O4+. The van der Waals surface area contributed by atoms with E-state index in [1.165, 1.54) is 7.11 Å². The largest absolute Gasteiger partial charge is 0.469 e. The van der Waals surface area contributed by atoms with Crippen molar-refractivity contribution in [2.24, 2.45) is 5.92 Å². The number of carbonyl (C=O) groups excluding carboxylic acids is 3. The number of ether oxygens (including phenoxy) is 1. The van der Waals surface area contributed by atoms with E-state index in [-0.39, 0.29) is 24.3 Å². The summed E-state index contributed by atoms with van der Waals surface area (Å²) in [5.74, 6) is -6.12. The van der Waals surface area contributed by atoms with E-state index in [0.29, 0.717) is 32.0 Å². The van der Waals surface area contributed by atoms with Crippen LogP contribution < -0.4 is 15.5 Å². The molecule has 0 radical (unpaired) electrons. The Morgan fingerprint density at radius 2 is 1.78 bits per heavy atom. The second-order valence-corrected chi connectivity index (χ2v) is 6.27. The number of halogens is 3. The Morgan fingerprint density at radius 3 is 2.41 bits per heavy atom. The minimum Gasteiger partial charge on any atom is -0.469 e. The van der Waals surface area contributed by atoms with Crippen LogP contribution in [0.1, 0.15) is 12.8 Å². The van der Waals surface area contributed by atoms with Crippen LogP contribution in [0.2, 0.25) is 0 Å². The first-order valence-electron chi connectivity index (χ1n) is 8.43. The highest BCUT2D eigenvalue weighted by molar-refractivity contribution is 5.94. The van der Waals surface area contributed by atoms with Crippen LogP contribution >= 0.6 is 0 Å². The number of rotatable bonds is 6. The maximum Gasteiger partial charge on any atom is 0.309 e. The van der Waals surface area contributed by atoms with Gasteiger partial charge in [-0.25, -0.2) is 13.2 Å². The molecule has 1 fully saturated rings. The lowest BCUT2D eigenvalue weighted by molar-refractivity contribution is -0.897. The molecule has 1 aliphatic heterocycles. The van der Waals surface area contributed by atoms with Crippen LogP contribution in [0.4, 0.5) is 18.9 Å². The molecule has 0 aromatic heterocycles. The van der Waals surface area contributed by atoms with Crippen LogP contribution in [0.5, 0.6) is 0 Å². The van der Waals surface area contributed by atoms with Crippen LogP contribution in [0, 0.1) is 23.4 Å². The Kier molecular flexibility index (Phi) is 7.17. The fraction of sp³-hybridized carbons (Fsp3) is 0.471. The van der Waals surface area contributed by atoms with Crippen LogP contribution in [0.15, 0.2) is 12.1 Å². The van der Waals surface area contributed by atoms with Gasteiger partial charge in [-0.1, -0.05) is 0 Å². The molecule has 0 atom stereocenters. The lowest BCUT2D eigenvalue weighted by atomic mass is 9.97. The molecule has 1 aromatic rings. The van der Waals surface area contributed by atoms with Crippen molar-refractivity contribution in [3.63, 3.8) is 0 Å². The summed E-state index contributed by atoms with van der Waals surface area (Å²) in [6.45, 7) is 0.939. The normalized spacial score (nSPS) is 19.3. The zero-order chi connectivity index (χ0) is 20.0. The molecule has 27 heavy (non-hydrogen) atoms. The molecule has 148 valence electrons. The van der Waals surface area contributed by atoms with Crippen LogP contribution in [-0.2, 0) is 19.1 Å².